The van der Waals surface area contributed by atoms with Crippen molar-refractivity contribution in [2.24, 2.45) is 0 Å². The number of halogens is 4. The molecule has 8 nitrogen and oxygen atoms in total. The third-order valence-corrected chi connectivity index (χ3v) is 8.34. The molecule has 236 valence electrons. The molecule has 1 aliphatic rings. The number of methoxy groups -OCH3 is 1. The first-order valence-corrected chi connectivity index (χ1v) is 15.0. The number of anilines is 3. The van der Waals surface area contributed by atoms with Gasteiger partial charge in [-0.3, -0.25) is 4.79 Å². The summed E-state index contributed by atoms with van der Waals surface area (Å²) < 4.78 is 47.1. The minimum absolute atomic E-state index is 0.0330. The largest absolute Gasteiger partial charge is 0.495 e. The molecule has 2 aromatic heterocycles. The molecule has 3 heterocycles. The summed E-state index contributed by atoms with van der Waals surface area (Å²) in [5.41, 5.74) is 10.0. The lowest BCUT2D eigenvalue weighted by Crippen LogP contribution is -2.31. The van der Waals surface area contributed by atoms with Crippen LogP contribution in [0, 0.1) is 6.92 Å². The van der Waals surface area contributed by atoms with Crippen LogP contribution in [-0.2, 0) is 6.18 Å². The van der Waals surface area contributed by atoms with Crippen LogP contribution in [0.4, 0.5) is 30.5 Å². The number of piperidine rings is 1. The Kier molecular flexibility index (Phi) is 8.43. The number of amides is 1. The van der Waals surface area contributed by atoms with Crippen molar-refractivity contribution in [3.63, 3.8) is 0 Å². The van der Waals surface area contributed by atoms with E-state index in [0.717, 1.165) is 42.5 Å². The number of hydrogen-bond donors (Lipinski definition) is 2. The van der Waals surface area contributed by atoms with Crippen molar-refractivity contribution in [1.29, 1.82) is 0 Å². The Hall–Kier alpha value is -4.90. The molecule has 0 atom stereocenters. The molecular formula is C34H30ClF3N6O2. The molecule has 1 amide bonds. The van der Waals surface area contributed by atoms with Crippen LogP contribution < -0.4 is 20.7 Å². The van der Waals surface area contributed by atoms with Gasteiger partial charge in [-0.05, 0) is 85.8 Å². The van der Waals surface area contributed by atoms with E-state index in [2.05, 4.69) is 20.3 Å². The van der Waals surface area contributed by atoms with Crippen molar-refractivity contribution >= 4 is 45.7 Å². The average Bonchev–Trinajstić information content (AvgIpc) is 3.05. The lowest BCUT2D eigenvalue weighted by molar-refractivity contribution is -0.137. The highest BCUT2D eigenvalue weighted by Gasteiger charge is 2.33. The quantitative estimate of drug-likeness (QED) is 0.179. The predicted octanol–water partition coefficient (Wildman–Crippen LogP) is 8.17. The Morgan fingerprint density at radius 1 is 0.978 bits per heavy atom. The van der Waals surface area contributed by atoms with Crippen LogP contribution in [-0.4, -0.2) is 41.1 Å². The Bertz CT molecular complexity index is 1940. The van der Waals surface area contributed by atoms with Gasteiger partial charge >= 0.3 is 6.18 Å². The van der Waals surface area contributed by atoms with Gasteiger partial charge in [0.15, 0.2) is 0 Å². The Balaban J connectivity index is 1.45. The molecule has 1 aliphatic heterocycles. The number of benzene rings is 3. The van der Waals surface area contributed by atoms with Gasteiger partial charge in [0.1, 0.15) is 10.9 Å². The summed E-state index contributed by atoms with van der Waals surface area (Å²) in [4.78, 5) is 28.6. The van der Waals surface area contributed by atoms with Crippen molar-refractivity contribution in [2.75, 3.05) is 36.1 Å². The number of fused-ring (bicyclic) bond motifs is 1. The van der Waals surface area contributed by atoms with E-state index < -0.39 is 17.6 Å². The van der Waals surface area contributed by atoms with Crippen LogP contribution in [0.3, 0.4) is 0 Å². The number of nitrogens with two attached hydrogens (primary N) is 1. The van der Waals surface area contributed by atoms with Gasteiger partial charge in [0.25, 0.3) is 5.91 Å². The first-order valence-electron chi connectivity index (χ1n) is 14.7. The minimum Gasteiger partial charge on any atom is -0.495 e. The fourth-order valence-corrected chi connectivity index (χ4v) is 5.98. The van der Waals surface area contributed by atoms with E-state index in [9.17, 15) is 18.0 Å². The van der Waals surface area contributed by atoms with Gasteiger partial charge in [-0.25, -0.2) is 15.0 Å². The molecule has 0 radical (unpaired) electrons. The number of carbonyl (C=O) groups excluding carboxylic acids is 1. The number of nitrogen functional groups attached to an aromatic ring is 1. The lowest BCUT2D eigenvalue weighted by Gasteiger charge is -2.30. The number of pyridine rings is 1. The summed E-state index contributed by atoms with van der Waals surface area (Å²) in [6, 6.07) is 14.0. The van der Waals surface area contributed by atoms with Gasteiger partial charge in [0.2, 0.25) is 5.95 Å². The number of carbonyl (C=O) groups is 1. The standard InChI is InChI=1S/C34H30ClF3N6O2/c1-19-6-9-23(42-32(45)26-15-22(34(36,37)38)8-10-27(26)44-12-4-3-5-13-44)16-24(19)25-14-21-18-41-33(39)43-30(21)29(31(25)46-2)20-7-11-28(35)40-17-20/h6-11,14-18H,3-5,12-13H2,1-2H3,(H,42,45)(H2,39,41,43). The maximum Gasteiger partial charge on any atom is 0.416 e. The second-order valence-corrected chi connectivity index (χ2v) is 11.5. The van der Waals surface area contributed by atoms with Crippen LogP contribution in [0.25, 0.3) is 33.2 Å². The molecule has 1 saturated heterocycles. The van der Waals surface area contributed by atoms with Crippen LogP contribution in [0.1, 0.15) is 40.7 Å². The highest BCUT2D eigenvalue weighted by molar-refractivity contribution is 6.29. The second-order valence-electron chi connectivity index (χ2n) is 11.1. The Morgan fingerprint density at radius 2 is 1.76 bits per heavy atom. The first kappa shape index (κ1) is 31.1. The van der Waals surface area contributed by atoms with Gasteiger partial charge in [0, 0.05) is 53.4 Å². The molecule has 0 unspecified atom stereocenters. The molecule has 5 aromatic rings. The van der Waals surface area contributed by atoms with E-state index >= 15 is 0 Å². The summed E-state index contributed by atoms with van der Waals surface area (Å²) in [6.07, 6.45) is 1.49. The SMILES string of the molecule is COc1c(-c2cc(NC(=O)c3cc(C(F)(F)F)ccc3N3CCCCC3)ccc2C)cc2cnc(N)nc2c1-c1ccc(Cl)nc1. The molecule has 46 heavy (non-hydrogen) atoms. The molecule has 0 aliphatic carbocycles. The van der Waals surface area contributed by atoms with Crippen molar-refractivity contribution in [3.8, 4) is 28.0 Å². The average molecular weight is 647 g/mol. The summed E-state index contributed by atoms with van der Waals surface area (Å²) in [6.45, 7) is 3.25. The van der Waals surface area contributed by atoms with Crippen molar-refractivity contribution in [3.05, 3.63) is 88.8 Å². The van der Waals surface area contributed by atoms with Gasteiger partial charge < -0.3 is 20.7 Å². The number of nitrogens with one attached hydrogen (secondary N) is 1. The van der Waals surface area contributed by atoms with Gasteiger partial charge in [-0.1, -0.05) is 17.7 Å². The van der Waals surface area contributed by atoms with E-state index in [-0.39, 0.29) is 11.5 Å². The van der Waals surface area contributed by atoms with Crippen LogP contribution in [0.15, 0.2) is 67.0 Å². The monoisotopic (exact) mass is 646 g/mol. The fourth-order valence-electron chi connectivity index (χ4n) is 5.87. The maximum atomic E-state index is 13.7. The van der Waals surface area contributed by atoms with Crippen LogP contribution in [0.5, 0.6) is 5.75 Å². The highest BCUT2D eigenvalue weighted by Crippen LogP contribution is 2.45. The zero-order valence-electron chi connectivity index (χ0n) is 25.1. The summed E-state index contributed by atoms with van der Waals surface area (Å²) in [5.74, 6) is -0.0693. The fraction of sp³-hybridized carbons (Fsp3) is 0.235. The third-order valence-electron chi connectivity index (χ3n) is 8.12. The van der Waals surface area contributed by atoms with Gasteiger partial charge in [-0.15, -0.1) is 0 Å². The van der Waals surface area contributed by atoms with Crippen molar-refractivity contribution in [1.82, 2.24) is 15.0 Å². The molecule has 0 spiro atoms. The third kappa shape index (κ3) is 6.15. The van der Waals surface area contributed by atoms with Crippen LogP contribution in [0.2, 0.25) is 5.15 Å². The van der Waals surface area contributed by atoms with E-state index in [1.807, 2.05) is 24.0 Å². The number of ether oxygens (including phenoxy) is 1. The zero-order valence-corrected chi connectivity index (χ0v) is 25.8. The van der Waals surface area contributed by atoms with Crippen LogP contribution >= 0.6 is 11.6 Å². The summed E-state index contributed by atoms with van der Waals surface area (Å²) in [7, 11) is 1.54. The normalized spacial score (nSPS) is 13.6. The van der Waals surface area contributed by atoms with E-state index in [4.69, 9.17) is 22.1 Å². The molecule has 1 fully saturated rings. The van der Waals surface area contributed by atoms with Gasteiger partial charge in [0.05, 0.1) is 29.3 Å². The van der Waals surface area contributed by atoms with E-state index in [1.165, 1.54) is 6.07 Å². The summed E-state index contributed by atoms with van der Waals surface area (Å²) in [5, 5.41) is 3.85. The number of aryl methyl sites for hydroxylation is 1. The molecule has 6 rings (SSSR count). The summed E-state index contributed by atoms with van der Waals surface area (Å²) >= 11 is 6.07. The zero-order chi connectivity index (χ0) is 32.6. The molecule has 3 aromatic carbocycles. The Morgan fingerprint density at radius 3 is 2.46 bits per heavy atom. The molecule has 0 saturated carbocycles. The number of hydrogen-bond acceptors (Lipinski definition) is 7. The minimum atomic E-state index is -4.59. The van der Waals surface area contributed by atoms with Crippen molar-refractivity contribution in [2.45, 2.75) is 32.4 Å². The Labute approximate surface area is 268 Å². The topological polar surface area (TPSA) is 106 Å². The predicted molar refractivity (Wildman–Crippen MR) is 174 cm³/mol. The number of nitrogens with zero attached hydrogens (tertiary/aromatic N) is 4. The molecule has 3 N–H and O–H groups in total. The second kappa shape index (κ2) is 12.5. The van der Waals surface area contributed by atoms with E-state index in [0.29, 0.717) is 63.0 Å². The van der Waals surface area contributed by atoms with E-state index in [1.54, 1.807) is 43.8 Å². The smallest absolute Gasteiger partial charge is 0.416 e. The number of alkyl halides is 3. The number of aromatic nitrogens is 3. The molecular weight excluding hydrogens is 617 g/mol. The first-order chi connectivity index (χ1) is 22.0. The molecule has 0 bridgehead atoms. The van der Waals surface area contributed by atoms with Crippen molar-refractivity contribution < 1.29 is 22.7 Å². The highest BCUT2D eigenvalue weighted by atomic mass is 35.5. The number of rotatable bonds is 6. The molecule has 12 heteroatoms. The van der Waals surface area contributed by atoms with Gasteiger partial charge in [-0.2, -0.15) is 13.2 Å². The maximum absolute atomic E-state index is 13.7. The lowest BCUT2D eigenvalue weighted by atomic mass is 9.92.